The van der Waals surface area contributed by atoms with Gasteiger partial charge in [-0.05, 0) is 31.4 Å². The van der Waals surface area contributed by atoms with Crippen LogP contribution in [-0.4, -0.2) is 39.7 Å². The van der Waals surface area contributed by atoms with Crippen molar-refractivity contribution in [3.05, 3.63) is 46.2 Å². The average molecular weight is 414 g/mol. The van der Waals surface area contributed by atoms with Crippen molar-refractivity contribution < 1.29 is 14.8 Å². The highest BCUT2D eigenvalue weighted by Crippen LogP contribution is 2.30. The van der Waals surface area contributed by atoms with Gasteiger partial charge in [-0.15, -0.1) is 0 Å². The summed E-state index contributed by atoms with van der Waals surface area (Å²) in [5, 5.41) is 13.5. The van der Waals surface area contributed by atoms with Gasteiger partial charge >= 0.3 is 0 Å². The van der Waals surface area contributed by atoms with Crippen LogP contribution in [0.1, 0.15) is 74.7 Å². The minimum absolute atomic E-state index is 0.0142. The highest BCUT2D eigenvalue weighted by molar-refractivity contribution is 5.97. The summed E-state index contributed by atoms with van der Waals surface area (Å²) in [4.78, 5) is 37.0. The largest absolute Gasteiger partial charge is 0.347 e. The molecule has 7 heteroatoms. The van der Waals surface area contributed by atoms with Crippen molar-refractivity contribution in [2.45, 2.75) is 70.4 Å². The molecule has 0 saturated heterocycles. The number of unbranched alkanes of at least 4 members (excludes halogenated alkanes) is 1. The lowest BCUT2D eigenvalue weighted by molar-refractivity contribution is -0.151. The number of nitrogens with zero attached hydrogens (tertiary/aromatic N) is 2. The van der Waals surface area contributed by atoms with Crippen molar-refractivity contribution in [2.24, 2.45) is 0 Å². The molecule has 1 atom stereocenters. The molecule has 162 valence electrons. The van der Waals surface area contributed by atoms with Gasteiger partial charge < -0.3 is 9.88 Å². The maximum Gasteiger partial charge on any atom is 0.257 e. The van der Waals surface area contributed by atoms with Crippen molar-refractivity contribution in [3.8, 4) is 0 Å². The van der Waals surface area contributed by atoms with Crippen molar-refractivity contribution in [1.82, 2.24) is 14.9 Å². The number of benzene rings is 1. The molecule has 2 N–H and O–H groups in total. The second-order valence-corrected chi connectivity index (χ2v) is 8.13. The third-order valence-electron chi connectivity index (χ3n) is 5.92. The van der Waals surface area contributed by atoms with Gasteiger partial charge in [-0.25, -0.2) is 5.06 Å². The average Bonchev–Trinajstić information content (AvgIpc) is 2.78. The van der Waals surface area contributed by atoms with Crippen LogP contribution in [0.4, 0.5) is 0 Å². The Morgan fingerprint density at radius 2 is 2.03 bits per heavy atom. The number of para-hydroxylation sites is 1. The van der Waals surface area contributed by atoms with E-state index in [-0.39, 0.29) is 23.6 Å². The van der Waals surface area contributed by atoms with Crippen LogP contribution in [0.3, 0.4) is 0 Å². The lowest BCUT2D eigenvalue weighted by atomic mass is 9.94. The first-order valence-electron chi connectivity index (χ1n) is 10.9. The molecule has 1 saturated carbocycles. The van der Waals surface area contributed by atoms with Crippen LogP contribution in [0.2, 0.25) is 0 Å². The summed E-state index contributed by atoms with van der Waals surface area (Å²) in [6, 6.07) is 7.27. The van der Waals surface area contributed by atoms with Crippen molar-refractivity contribution >= 4 is 23.2 Å². The number of aromatic nitrogens is 1. The van der Waals surface area contributed by atoms with Crippen LogP contribution in [0, 0.1) is 0 Å². The van der Waals surface area contributed by atoms with Crippen LogP contribution in [0.5, 0.6) is 0 Å². The third kappa shape index (κ3) is 5.08. The zero-order valence-corrected chi connectivity index (χ0v) is 17.5. The normalized spacial score (nSPS) is 15.7. The summed E-state index contributed by atoms with van der Waals surface area (Å²) < 4.78 is 2.09. The van der Waals surface area contributed by atoms with Crippen molar-refractivity contribution in [3.63, 3.8) is 0 Å². The second-order valence-electron chi connectivity index (χ2n) is 8.13. The predicted octanol–water partition coefficient (Wildman–Crippen LogP) is 3.64. The first-order valence-corrected chi connectivity index (χ1v) is 10.9. The van der Waals surface area contributed by atoms with E-state index >= 15 is 0 Å². The Balaban J connectivity index is 1.95. The minimum atomic E-state index is -0.462. The van der Waals surface area contributed by atoms with Gasteiger partial charge in [0, 0.05) is 23.7 Å². The SMILES string of the molecule is CCCC[C@H](CN(O)C=O)NC(=O)c1cn(C2CCCCC2)c2ccccc2c1=O. The Morgan fingerprint density at radius 1 is 1.30 bits per heavy atom. The fraction of sp³-hybridized carbons (Fsp3) is 0.522. The highest BCUT2D eigenvalue weighted by atomic mass is 16.5. The van der Waals surface area contributed by atoms with Gasteiger partial charge in [0.25, 0.3) is 5.91 Å². The minimum Gasteiger partial charge on any atom is -0.347 e. The number of pyridine rings is 1. The maximum absolute atomic E-state index is 13.1. The number of hydroxylamine groups is 2. The molecule has 7 nitrogen and oxygen atoms in total. The van der Waals surface area contributed by atoms with E-state index in [4.69, 9.17) is 0 Å². The molecule has 30 heavy (non-hydrogen) atoms. The quantitative estimate of drug-likeness (QED) is 0.373. The van der Waals surface area contributed by atoms with Crippen LogP contribution >= 0.6 is 0 Å². The smallest absolute Gasteiger partial charge is 0.257 e. The van der Waals surface area contributed by atoms with Gasteiger partial charge in [-0.3, -0.25) is 19.6 Å². The summed E-state index contributed by atoms with van der Waals surface area (Å²) in [5.74, 6) is -0.462. The van der Waals surface area contributed by atoms with Gasteiger partial charge in [0.15, 0.2) is 0 Å². The molecule has 1 heterocycles. The number of carbonyl (C=O) groups excluding carboxylic acids is 2. The molecule has 3 rings (SSSR count). The van der Waals surface area contributed by atoms with Gasteiger partial charge in [0.2, 0.25) is 11.8 Å². The zero-order chi connectivity index (χ0) is 21.5. The maximum atomic E-state index is 13.1. The molecule has 1 fully saturated rings. The highest BCUT2D eigenvalue weighted by Gasteiger charge is 2.23. The van der Waals surface area contributed by atoms with Gasteiger partial charge in [-0.2, -0.15) is 0 Å². The number of amides is 2. The molecule has 1 aliphatic rings. The molecule has 0 aliphatic heterocycles. The lowest BCUT2D eigenvalue weighted by Crippen LogP contribution is -2.44. The predicted molar refractivity (Wildman–Crippen MR) is 116 cm³/mol. The molecule has 1 aromatic heterocycles. The van der Waals surface area contributed by atoms with Crippen molar-refractivity contribution in [1.29, 1.82) is 0 Å². The Labute approximate surface area is 176 Å². The Kier molecular flexibility index (Phi) is 7.63. The van der Waals surface area contributed by atoms with E-state index in [1.807, 2.05) is 25.1 Å². The summed E-state index contributed by atoms with van der Waals surface area (Å²) in [5.41, 5.74) is 0.674. The molecule has 0 unspecified atom stereocenters. The van der Waals surface area contributed by atoms with E-state index in [9.17, 15) is 19.6 Å². The first kappa shape index (κ1) is 22.0. The summed E-state index contributed by atoms with van der Waals surface area (Å²) >= 11 is 0. The lowest BCUT2D eigenvalue weighted by Gasteiger charge is -2.27. The van der Waals surface area contributed by atoms with E-state index in [0.29, 0.717) is 23.3 Å². The molecule has 1 aliphatic carbocycles. The summed E-state index contributed by atoms with van der Waals surface area (Å²) in [7, 11) is 0. The Hall–Kier alpha value is -2.67. The molecular weight excluding hydrogens is 382 g/mol. The molecule has 2 amide bonds. The number of hydrogen-bond acceptors (Lipinski definition) is 4. The Bertz CT molecular complexity index is 934. The number of fused-ring (bicyclic) bond motifs is 1. The number of nitrogens with one attached hydrogen (secondary N) is 1. The second kappa shape index (κ2) is 10.4. The molecule has 0 spiro atoms. The number of rotatable bonds is 9. The van der Waals surface area contributed by atoms with Crippen LogP contribution in [0.25, 0.3) is 10.9 Å². The molecular formula is C23H31N3O4. The van der Waals surface area contributed by atoms with Crippen molar-refractivity contribution in [2.75, 3.05) is 6.54 Å². The monoisotopic (exact) mass is 413 g/mol. The molecule has 2 aromatic rings. The van der Waals surface area contributed by atoms with E-state index in [2.05, 4.69) is 9.88 Å². The van der Waals surface area contributed by atoms with E-state index < -0.39 is 11.9 Å². The van der Waals surface area contributed by atoms with E-state index in [1.54, 1.807) is 12.3 Å². The van der Waals surface area contributed by atoms with Gasteiger partial charge in [0.05, 0.1) is 12.1 Å². The van der Waals surface area contributed by atoms with Crippen LogP contribution < -0.4 is 10.7 Å². The van der Waals surface area contributed by atoms with Gasteiger partial charge in [-0.1, -0.05) is 51.2 Å². The summed E-state index contributed by atoms with van der Waals surface area (Å²) in [6.45, 7) is 2.02. The number of carbonyl (C=O) groups is 2. The summed E-state index contributed by atoms with van der Waals surface area (Å²) in [6.07, 6.45) is 9.95. The van der Waals surface area contributed by atoms with Crippen LogP contribution in [0.15, 0.2) is 35.3 Å². The van der Waals surface area contributed by atoms with Crippen LogP contribution in [-0.2, 0) is 4.79 Å². The standard InChI is InChI=1S/C23H31N3O4/c1-2-3-9-17(14-25(30)16-27)24-23(29)20-15-26(18-10-5-4-6-11-18)21-13-8-7-12-19(21)22(20)28/h7-8,12-13,15-18,30H,2-6,9-11,14H2,1H3,(H,24,29)/t17-/m1/s1. The molecule has 0 bridgehead atoms. The van der Waals surface area contributed by atoms with E-state index in [1.165, 1.54) is 6.42 Å². The number of hydrogen-bond donors (Lipinski definition) is 2. The fourth-order valence-electron chi connectivity index (χ4n) is 4.32. The van der Waals surface area contributed by atoms with E-state index in [0.717, 1.165) is 44.0 Å². The van der Waals surface area contributed by atoms with Gasteiger partial charge in [0.1, 0.15) is 5.56 Å². The fourth-order valence-corrected chi connectivity index (χ4v) is 4.32. The third-order valence-corrected chi connectivity index (χ3v) is 5.92. The first-order chi connectivity index (χ1) is 14.5. The molecule has 0 radical (unpaired) electrons. The zero-order valence-electron chi connectivity index (χ0n) is 17.5. The molecule has 1 aromatic carbocycles. The Morgan fingerprint density at radius 3 is 2.73 bits per heavy atom. The topological polar surface area (TPSA) is 91.6 Å².